The average molecular weight is 258 g/mol. The number of carbonyl (C=O) groups is 2. The topological polar surface area (TPSA) is 46.2 Å². The molecule has 5 heteroatoms. The Morgan fingerprint density at radius 2 is 2.18 bits per heavy atom. The van der Waals surface area contributed by atoms with E-state index in [0.717, 1.165) is 0 Å². The predicted molar refractivity (Wildman–Crippen MR) is 63.5 cm³/mol. The van der Waals surface area contributed by atoms with Crippen molar-refractivity contribution in [2.24, 2.45) is 0 Å². The van der Waals surface area contributed by atoms with Crippen LogP contribution in [-0.4, -0.2) is 18.7 Å². The first-order valence-electron chi connectivity index (χ1n) is 5.05. The summed E-state index contributed by atoms with van der Waals surface area (Å²) < 4.78 is 13.6. The van der Waals surface area contributed by atoms with Crippen LogP contribution in [0.1, 0.15) is 19.4 Å². The Morgan fingerprint density at radius 1 is 1.53 bits per heavy atom. The number of hydrogen-bond donors (Lipinski definition) is 1. The highest BCUT2D eigenvalue weighted by Crippen LogP contribution is 2.27. The van der Waals surface area contributed by atoms with Gasteiger partial charge in [0.2, 0.25) is 6.29 Å². The Balaban J connectivity index is 2.91. The molecule has 3 nitrogen and oxygen atoms in total. The molecule has 1 rings (SSSR count). The Labute approximate surface area is 104 Å². The van der Waals surface area contributed by atoms with Crippen molar-refractivity contribution in [3.63, 3.8) is 0 Å². The van der Waals surface area contributed by atoms with Crippen LogP contribution in [0.2, 0.25) is 5.02 Å². The van der Waals surface area contributed by atoms with Crippen molar-refractivity contribution in [3.05, 3.63) is 34.6 Å². The van der Waals surface area contributed by atoms with Crippen molar-refractivity contribution in [2.75, 3.05) is 6.54 Å². The third-order valence-electron chi connectivity index (χ3n) is 2.47. The van der Waals surface area contributed by atoms with E-state index >= 15 is 0 Å². The molecule has 0 heterocycles. The highest BCUT2D eigenvalue weighted by molar-refractivity contribution is 6.30. The predicted octanol–water partition coefficient (Wildman–Crippen LogP) is 2.07. The van der Waals surface area contributed by atoms with Gasteiger partial charge in [0.25, 0.3) is 5.91 Å². The van der Waals surface area contributed by atoms with Gasteiger partial charge in [0.05, 0.1) is 0 Å². The second-order valence-electron chi connectivity index (χ2n) is 4.34. The van der Waals surface area contributed by atoms with Gasteiger partial charge in [-0.25, -0.2) is 4.39 Å². The van der Waals surface area contributed by atoms with Gasteiger partial charge >= 0.3 is 0 Å². The van der Waals surface area contributed by atoms with Crippen LogP contribution in [0, 0.1) is 5.82 Å². The van der Waals surface area contributed by atoms with E-state index in [-0.39, 0.29) is 18.6 Å². The van der Waals surface area contributed by atoms with Crippen LogP contribution in [0.3, 0.4) is 0 Å². The van der Waals surface area contributed by atoms with Crippen molar-refractivity contribution in [1.82, 2.24) is 5.32 Å². The molecule has 0 aliphatic carbocycles. The second kappa shape index (κ2) is 5.27. The maximum atomic E-state index is 13.6. The van der Waals surface area contributed by atoms with Gasteiger partial charge in [0.15, 0.2) is 0 Å². The van der Waals surface area contributed by atoms with E-state index in [9.17, 15) is 14.0 Å². The summed E-state index contributed by atoms with van der Waals surface area (Å²) in [5.41, 5.74) is -0.246. The summed E-state index contributed by atoms with van der Waals surface area (Å²) in [6, 6.07) is 4.26. The molecule has 1 aromatic rings. The first-order valence-corrected chi connectivity index (χ1v) is 5.43. The molecular formula is C12H13ClFNO2. The molecule has 0 saturated heterocycles. The first-order chi connectivity index (χ1) is 7.86. The summed E-state index contributed by atoms with van der Waals surface area (Å²) in [5, 5.41) is 2.83. The number of nitrogens with one attached hydrogen (secondary N) is 1. The molecule has 0 saturated carbocycles. The summed E-state index contributed by atoms with van der Waals surface area (Å²) in [7, 11) is 0. The number of hydrogen-bond acceptors (Lipinski definition) is 2. The number of benzene rings is 1. The van der Waals surface area contributed by atoms with Gasteiger partial charge in [-0.15, -0.1) is 0 Å². The van der Waals surface area contributed by atoms with Crippen LogP contribution in [0.4, 0.5) is 4.39 Å². The highest BCUT2D eigenvalue weighted by Gasteiger charge is 2.25. The number of carbonyl (C=O) groups excluding carboxylic acids is 2. The molecule has 92 valence electrons. The van der Waals surface area contributed by atoms with E-state index in [2.05, 4.69) is 5.32 Å². The summed E-state index contributed by atoms with van der Waals surface area (Å²) in [4.78, 5) is 21.0. The number of halogens is 2. The molecular weight excluding hydrogens is 245 g/mol. The summed E-state index contributed by atoms with van der Waals surface area (Å²) in [5.74, 6) is -1.11. The molecule has 0 spiro atoms. The lowest BCUT2D eigenvalue weighted by Gasteiger charge is -2.25. The zero-order chi connectivity index (χ0) is 13.1. The van der Waals surface area contributed by atoms with Crippen LogP contribution >= 0.6 is 11.6 Å². The number of rotatable bonds is 4. The van der Waals surface area contributed by atoms with Crippen molar-refractivity contribution in [2.45, 2.75) is 19.3 Å². The third-order valence-corrected chi connectivity index (χ3v) is 2.70. The molecule has 0 aliphatic heterocycles. The monoisotopic (exact) mass is 257 g/mol. The zero-order valence-electron chi connectivity index (χ0n) is 9.59. The quantitative estimate of drug-likeness (QED) is 0.663. The van der Waals surface area contributed by atoms with Gasteiger partial charge in [0, 0.05) is 17.0 Å². The summed E-state index contributed by atoms with van der Waals surface area (Å²) in [6.07, 6.45) is 0.185. The molecule has 0 bridgehead atoms. The molecule has 1 aromatic carbocycles. The Kier molecular flexibility index (Phi) is 4.23. The molecule has 0 aromatic heterocycles. The lowest BCUT2D eigenvalue weighted by atomic mass is 9.84. The van der Waals surface area contributed by atoms with E-state index < -0.39 is 11.3 Å². The fourth-order valence-corrected chi connectivity index (χ4v) is 1.63. The van der Waals surface area contributed by atoms with Crippen molar-refractivity contribution >= 4 is 23.8 Å². The lowest BCUT2D eigenvalue weighted by molar-refractivity contribution is -0.131. The molecule has 0 atom stereocenters. The van der Waals surface area contributed by atoms with Gasteiger partial charge in [-0.2, -0.15) is 0 Å². The van der Waals surface area contributed by atoms with Crippen molar-refractivity contribution in [3.8, 4) is 0 Å². The van der Waals surface area contributed by atoms with E-state index in [1.54, 1.807) is 13.8 Å². The molecule has 0 fully saturated rings. The average Bonchev–Trinajstić information content (AvgIpc) is 2.29. The summed E-state index contributed by atoms with van der Waals surface area (Å²) >= 11 is 5.80. The molecule has 0 aliphatic rings. The number of amides is 1. The highest BCUT2D eigenvalue weighted by atomic mass is 35.5. The van der Waals surface area contributed by atoms with E-state index in [0.29, 0.717) is 10.6 Å². The Bertz CT molecular complexity index is 446. The van der Waals surface area contributed by atoms with E-state index in [1.807, 2.05) is 0 Å². The van der Waals surface area contributed by atoms with Gasteiger partial charge in [-0.1, -0.05) is 25.4 Å². The number of aldehydes is 1. The first kappa shape index (κ1) is 13.6. The van der Waals surface area contributed by atoms with Crippen molar-refractivity contribution in [1.29, 1.82) is 0 Å². The van der Waals surface area contributed by atoms with Gasteiger partial charge in [0.1, 0.15) is 5.82 Å². The maximum Gasteiger partial charge on any atom is 0.284 e. The lowest BCUT2D eigenvalue weighted by Crippen LogP contribution is -2.37. The van der Waals surface area contributed by atoms with Crippen LogP contribution in [0.15, 0.2) is 18.2 Å². The van der Waals surface area contributed by atoms with E-state index in [4.69, 9.17) is 11.6 Å². The van der Waals surface area contributed by atoms with Crippen LogP contribution in [-0.2, 0) is 15.0 Å². The van der Waals surface area contributed by atoms with E-state index in [1.165, 1.54) is 18.2 Å². The van der Waals surface area contributed by atoms with Gasteiger partial charge < -0.3 is 5.32 Å². The smallest absolute Gasteiger partial charge is 0.284 e. The van der Waals surface area contributed by atoms with Gasteiger partial charge in [-0.05, 0) is 23.8 Å². The fourth-order valence-electron chi connectivity index (χ4n) is 1.46. The Morgan fingerprint density at radius 3 is 2.76 bits per heavy atom. The minimum atomic E-state index is -0.722. The molecule has 0 unspecified atom stereocenters. The molecule has 1 N–H and O–H groups in total. The fraction of sp³-hybridized carbons (Fsp3) is 0.333. The minimum absolute atomic E-state index is 0.155. The normalized spacial score (nSPS) is 11.1. The van der Waals surface area contributed by atoms with Gasteiger partial charge in [-0.3, -0.25) is 9.59 Å². The third kappa shape index (κ3) is 3.53. The maximum absolute atomic E-state index is 13.6. The molecule has 1 amide bonds. The standard InChI is InChI=1S/C12H13ClFNO2/c1-12(2,7-15-11(17)6-16)9-5-8(13)3-4-10(9)14/h3-6H,7H2,1-2H3,(H,15,17). The Hall–Kier alpha value is -1.42. The summed E-state index contributed by atoms with van der Waals surface area (Å²) in [6.45, 7) is 3.67. The van der Waals surface area contributed by atoms with Crippen LogP contribution in [0.5, 0.6) is 0 Å². The minimum Gasteiger partial charge on any atom is -0.349 e. The van der Waals surface area contributed by atoms with Crippen LogP contribution in [0.25, 0.3) is 0 Å². The SMILES string of the molecule is CC(C)(CNC(=O)C=O)c1cc(Cl)ccc1F. The zero-order valence-corrected chi connectivity index (χ0v) is 10.3. The van der Waals surface area contributed by atoms with Crippen molar-refractivity contribution < 1.29 is 14.0 Å². The largest absolute Gasteiger partial charge is 0.349 e. The second-order valence-corrected chi connectivity index (χ2v) is 4.78. The molecule has 17 heavy (non-hydrogen) atoms. The molecule has 0 radical (unpaired) electrons. The van der Waals surface area contributed by atoms with Crippen LogP contribution < -0.4 is 5.32 Å².